The van der Waals surface area contributed by atoms with Crippen LogP contribution in [0.25, 0.3) is 11.0 Å². The number of aryl methyl sites for hydroxylation is 1. The van der Waals surface area contributed by atoms with Crippen molar-refractivity contribution in [1.29, 1.82) is 0 Å². The maximum absolute atomic E-state index is 5.82. The number of hydrogen-bond donors (Lipinski definition) is 2. The third-order valence-corrected chi connectivity index (χ3v) is 3.67. The van der Waals surface area contributed by atoms with Crippen LogP contribution < -0.4 is 10.6 Å². The van der Waals surface area contributed by atoms with E-state index in [2.05, 4.69) is 37.8 Å². The van der Waals surface area contributed by atoms with E-state index in [1.54, 1.807) is 4.68 Å². The summed E-state index contributed by atoms with van der Waals surface area (Å²) in [5.74, 6) is 2.55. The van der Waals surface area contributed by atoms with Gasteiger partial charge in [-0.2, -0.15) is 5.10 Å². The van der Waals surface area contributed by atoms with Crippen LogP contribution in [0.1, 0.15) is 18.5 Å². The van der Waals surface area contributed by atoms with Crippen molar-refractivity contribution in [1.82, 2.24) is 25.4 Å². The molecule has 0 radical (unpaired) electrons. The molecule has 134 valence electrons. The average Bonchev–Trinajstić information content (AvgIpc) is 3.18. The molecule has 2 heterocycles. The number of hydrogen-bond acceptors (Lipinski definition) is 4. The van der Waals surface area contributed by atoms with Crippen molar-refractivity contribution in [2.24, 2.45) is 12.0 Å². The average molecular weight is 454 g/mol. The molecule has 0 aliphatic carbocycles. The molecule has 3 aromatic rings. The highest BCUT2D eigenvalue weighted by atomic mass is 127. The zero-order chi connectivity index (χ0) is 16.8. The minimum absolute atomic E-state index is 0. The van der Waals surface area contributed by atoms with Crippen molar-refractivity contribution in [2.45, 2.75) is 19.9 Å². The molecule has 0 bridgehead atoms. The first-order valence-corrected chi connectivity index (χ1v) is 8.08. The van der Waals surface area contributed by atoms with Crippen molar-refractivity contribution < 1.29 is 4.42 Å². The molecule has 0 amide bonds. The molecule has 1 aromatic carbocycles. The second-order valence-corrected chi connectivity index (χ2v) is 5.42. The third kappa shape index (κ3) is 5.18. The zero-order valence-electron chi connectivity index (χ0n) is 14.4. The van der Waals surface area contributed by atoms with Gasteiger partial charge in [-0.1, -0.05) is 18.2 Å². The van der Waals surface area contributed by atoms with Crippen LogP contribution in [0.4, 0.5) is 0 Å². The van der Waals surface area contributed by atoms with Crippen LogP contribution in [-0.4, -0.2) is 33.8 Å². The van der Waals surface area contributed by atoms with Crippen molar-refractivity contribution >= 4 is 40.9 Å². The van der Waals surface area contributed by atoms with E-state index >= 15 is 0 Å². The van der Waals surface area contributed by atoms with E-state index in [1.165, 1.54) is 6.33 Å². The summed E-state index contributed by atoms with van der Waals surface area (Å²) in [6.07, 6.45) is 2.33. The normalized spacial score (nSPS) is 11.4. The van der Waals surface area contributed by atoms with Crippen LogP contribution in [-0.2, 0) is 20.0 Å². The van der Waals surface area contributed by atoms with Crippen LogP contribution in [0.3, 0.4) is 0 Å². The van der Waals surface area contributed by atoms with Crippen molar-refractivity contribution in [3.05, 3.63) is 48.2 Å². The highest BCUT2D eigenvalue weighted by Crippen LogP contribution is 2.18. The molecule has 0 saturated heterocycles. The molecule has 2 N–H and O–H groups in total. The minimum Gasteiger partial charge on any atom is -0.461 e. The van der Waals surface area contributed by atoms with Gasteiger partial charge in [0, 0.05) is 31.9 Å². The summed E-state index contributed by atoms with van der Waals surface area (Å²) in [5, 5.41) is 11.7. The highest BCUT2D eigenvalue weighted by molar-refractivity contribution is 14.0. The fourth-order valence-electron chi connectivity index (χ4n) is 2.42. The van der Waals surface area contributed by atoms with Gasteiger partial charge < -0.3 is 15.1 Å². The Morgan fingerprint density at radius 1 is 1.28 bits per heavy atom. The summed E-state index contributed by atoms with van der Waals surface area (Å²) >= 11 is 0. The number of guanidine groups is 1. The summed E-state index contributed by atoms with van der Waals surface area (Å²) in [7, 11) is 1.86. The Bertz CT molecular complexity index is 792. The number of aromatic nitrogens is 3. The van der Waals surface area contributed by atoms with E-state index in [-0.39, 0.29) is 24.0 Å². The number of fused-ring (bicyclic) bond motifs is 1. The molecular formula is C17H23IN6O. The van der Waals surface area contributed by atoms with Crippen molar-refractivity contribution in [3.63, 3.8) is 0 Å². The Balaban J connectivity index is 0.00000225. The van der Waals surface area contributed by atoms with E-state index < -0.39 is 0 Å². The molecule has 2 aromatic heterocycles. The molecule has 8 heteroatoms. The number of furan rings is 1. The Kier molecular flexibility index (Phi) is 7.23. The van der Waals surface area contributed by atoms with Gasteiger partial charge in [0.25, 0.3) is 0 Å². The second kappa shape index (κ2) is 9.40. The fraction of sp³-hybridized carbons (Fsp3) is 0.353. The zero-order valence-corrected chi connectivity index (χ0v) is 16.7. The van der Waals surface area contributed by atoms with Crippen LogP contribution in [0.15, 0.2) is 46.1 Å². The van der Waals surface area contributed by atoms with Gasteiger partial charge in [-0.15, -0.1) is 24.0 Å². The Labute approximate surface area is 163 Å². The van der Waals surface area contributed by atoms with Gasteiger partial charge in [0.1, 0.15) is 30.0 Å². The highest BCUT2D eigenvalue weighted by Gasteiger charge is 2.04. The minimum atomic E-state index is 0. The monoisotopic (exact) mass is 454 g/mol. The lowest BCUT2D eigenvalue weighted by Gasteiger charge is -2.10. The quantitative estimate of drug-likeness (QED) is 0.340. The van der Waals surface area contributed by atoms with E-state index in [9.17, 15) is 0 Å². The van der Waals surface area contributed by atoms with Gasteiger partial charge in [-0.3, -0.25) is 4.68 Å². The second-order valence-electron chi connectivity index (χ2n) is 5.42. The number of nitrogens with zero attached hydrogens (tertiary/aromatic N) is 4. The first-order chi connectivity index (χ1) is 11.8. The number of nitrogens with one attached hydrogen (secondary N) is 2. The third-order valence-electron chi connectivity index (χ3n) is 3.67. The molecule has 3 rings (SSSR count). The van der Waals surface area contributed by atoms with Crippen molar-refractivity contribution in [2.75, 3.05) is 13.1 Å². The summed E-state index contributed by atoms with van der Waals surface area (Å²) in [6, 6.07) is 10.1. The van der Waals surface area contributed by atoms with Gasteiger partial charge in [-0.25, -0.2) is 9.98 Å². The van der Waals surface area contributed by atoms with Gasteiger partial charge in [0.05, 0.1) is 0 Å². The summed E-state index contributed by atoms with van der Waals surface area (Å²) in [4.78, 5) is 8.71. The molecular weight excluding hydrogens is 431 g/mol. The molecule has 0 aliphatic heterocycles. The number of para-hydroxylation sites is 1. The van der Waals surface area contributed by atoms with Gasteiger partial charge in [-0.05, 0) is 19.1 Å². The van der Waals surface area contributed by atoms with E-state index in [0.29, 0.717) is 6.54 Å². The van der Waals surface area contributed by atoms with Gasteiger partial charge in [0.15, 0.2) is 5.96 Å². The first-order valence-electron chi connectivity index (χ1n) is 8.08. The number of rotatable bonds is 6. The largest absolute Gasteiger partial charge is 0.461 e. The topological polar surface area (TPSA) is 80.3 Å². The van der Waals surface area contributed by atoms with Gasteiger partial charge >= 0.3 is 0 Å². The fourth-order valence-corrected chi connectivity index (χ4v) is 2.42. The van der Waals surface area contributed by atoms with E-state index in [4.69, 9.17) is 4.42 Å². The van der Waals surface area contributed by atoms with E-state index in [1.807, 2.05) is 32.2 Å². The van der Waals surface area contributed by atoms with Crippen LogP contribution in [0.2, 0.25) is 0 Å². The number of halogens is 1. The molecule has 0 spiro atoms. The molecule has 7 nitrogen and oxygen atoms in total. The lowest BCUT2D eigenvalue weighted by molar-refractivity contribution is 0.544. The smallest absolute Gasteiger partial charge is 0.191 e. The molecule has 25 heavy (non-hydrogen) atoms. The maximum Gasteiger partial charge on any atom is 0.191 e. The van der Waals surface area contributed by atoms with E-state index in [0.717, 1.165) is 48.0 Å². The SMILES string of the molecule is CCNC(=NCc1ncnn1C)NCCc1cc2ccccc2o1.I. The predicted molar refractivity (Wildman–Crippen MR) is 109 cm³/mol. The van der Waals surface area contributed by atoms with Crippen molar-refractivity contribution in [3.8, 4) is 0 Å². The number of aliphatic imine (C=N–C) groups is 1. The lowest BCUT2D eigenvalue weighted by atomic mass is 10.2. The summed E-state index contributed by atoms with van der Waals surface area (Å²) < 4.78 is 7.55. The van der Waals surface area contributed by atoms with Crippen LogP contribution in [0, 0.1) is 0 Å². The first kappa shape index (κ1) is 19.2. The van der Waals surface area contributed by atoms with Crippen LogP contribution in [0.5, 0.6) is 0 Å². The standard InChI is InChI=1S/C17H22N6O.HI/c1-3-18-17(20-11-16-21-12-22-23(16)2)19-9-8-14-10-13-6-4-5-7-15(13)24-14;/h4-7,10,12H,3,8-9,11H2,1-2H3,(H2,18,19,20);1H. The Morgan fingerprint density at radius 2 is 2.12 bits per heavy atom. The van der Waals surface area contributed by atoms with Gasteiger partial charge in [0.2, 0.25) is 0 Å². The molecule has 0 atom stereocenters. The summed E-state index contributed by atoms with van der Waals surface area (Å²) in [5.41, 5.74) is 0.926. The lowest BCUT2D eigenvalue weighted by Crippen LogP contribution is -2.38. The summed E-state index contributed by atoms with van der Waals surface area (Å²) in [6.45, 7) is 4.06. The Morgan fingerprint density at radius 3 is 2.84 bits per heavy atom. The Hall–Kier alpha value is -2.10. The maximum atomic E-state index is 5.82. The molecule has 0 saturated carbocycles. The molecule has 0 fully saturated rings. The molecule has 0 unspecified atom stereocenters. The molecule has 0 aliphatic rings. The number of benzene rings is 1. The predicted octanol–water partition coefficient (Wildman–Crippen LogP) is 2.48. The van der Waals surface area contributed by atoms with Crippen LogP contribution >= 0.6 is 24.0 Å².